The van der Waals surface area contributed by atoms with Gasteiger partial charge in [-0.1, -0.05) is 0 Å². The van der Waals surface area contributed by atoms with E-state index in [0.717, 1.165) is 31.4 Å². The van der Waals surface area contributed by atoms with Crippen molar-refractivity contribution in [3.05, 3.63) is 17.5 Å². The third-order valence-corrected chi connectivity index (χ3v) is 4.85. The Bertz CT molecular complexity index is 585. The van der Waals surface area contributed by atoms with Crippen LogP contribution in [0.25, 0.3) is 0 Å². The molecule has 1 atom stereocenters. The molecule has 1 aromatic rings. The number of piperidine rings is 1. The number of Topliss-reactive ketones (excluding diaryl/α,β-unsaturated/α-hetero) is 1. The van der Waals surface area contributed by atoms with Crippen LogP contribution in [-0.2, 0) is 9.53 Å². The number of likely N-dealkylation sites (tertiary alicyclic amines) is 1. The minimum atomic E-state index is -0.610. The summed E-state index contributed by atoms with van der Waals surface area (Å²) in [5.74, 6) is 0.425. The maximum absolute atomic E-state index is 12.5. The number of amides is 1. The molecule has 1 aromatic heterocycles. The van der Waals surface area contributed by atoms with Gasteiger partial charge in [-0.05, 0) is 31.7 Å². The van der Waals surface area contributed by atoms with Crippen molar-refractivity contribution in [3.63, 3.8) is 0 Å². The molecule has 6 heteroatoms. The third kappa shape index (κ3) is 2.18. The number of nitrogens with zero attached hydrogens (tertiary/aromatic N) is 2. The Morgan fingerprint density at radius 2 is 2.29 bits per heavy atom. The first-order chi connectivity index (χ1) is 10.2. The van der Waals surface area contributed by atoms with Gasteiger partial charge in [-0.25, -0.2) is 0 Å². The van der Waals surface area contributed by atoms with Gasteiger partial charge >= 0.3 is 0 Å². The van der Waals surface area contributed by atoms with Crippen LogP contribution >= 0.6 is 0 Å². The van der Waals surface area contributed by atoms with Gasteiger partial charge in [0.05, 0.1) is 6.54 Å². The van der Waals surface area contributed by atoms with Crippen LogP contribution in [0.2, 0.25) is 0 Å². The van der Waals surface area contributed by atoms with Gasteiger partial charge < -0.3 is 9.64 Å². The number of carbonyl (C=O) groups excluding carboxylic acids is 2. The quantitative estimate of drug-likeness (QED) is 0.889. The highest BCUT2D eigenvalue weighted by Crippen LogP contribution is 2.39. The average molecular weight is 289 g/mol. The van der Waals surface area contributed by atoms with Crippen molar-refractivity contribution in [3.8, 4) is 0 Å². The molecule has 21 heavy (non-hydrogen) atoms. The SMILES string of the molecule is O=C(c1cc(C2CC2)[nH]n1)N1CC[C@]2(CCCO2)C(=O)C1. The molecule has 1 amide bonds. The molecule has 2 saturated heterocycles. The highest BCUT2D eigenvalue weighted by Gasteiger charge is 2.46. The highest BCUT2D eigenvalue weighted by molar-refractivity contribution is 5.98. The Morgan fingerprint density at radius 3 is 2.95 bits per heavy atom. The summed E-state index contributed by atoms with van der Waals surface area (Å²) in [5, 5.41) is 7.05. The molecule has 4 rings (SSSR count). The van der Waals surface area contributed by atoms with Crippen LogP contribution in [0.1, 0.15) is 54.2 Å². The van der Waals surface area contributed by atoms with E-state index in [9.17, 15) is 9.59 Å². The lowest BCUT2D eigenvalue weighted by Crippen LogP contribution is -2.53. The normalized spacial score (nSPS) is 29.3. The van der Waals surface area contributed by atoms with E-state index < -0.39 is 5.60 Å². The van der Waals surface area contributed by atoms with Gasteiger partial charge in [0.1, 0.15) is 11.3 Å². The van der Waals surface area contributed by atoms with E-state index in [1.165, 1.54) is 0 Å². The first kappa shape index (κ1) is 13.0. The number of aromatic nitrogens is 2. The smallest absolute Gasteiger partial charge is 0.274 e. The Hall–Kier alpha value is -1.69. The second kappa shape index (κ2) is 4.66. The fourth-order valence-electron chi connectivity index (χ4n) is 3.35. The molecule has 6 nitrogen and oxygen atoms in total. The molecular weight excluding hydrogens is 270 g/mol. The van der Waals surface area contributed by atoms with E-state index in [1.54, 1.807) is 4.90 Å². The number of ketones is 1. The summed E-state index contributed by atoms with van der Waals surface area (Å²) in [6.45, 7) is 1.37. The zero-order valence-electron chi connectivity index (χ0n) is 11.9. The van der Waals surface area contributed by atoms with Crippen molar-refractivity contribution in [2.24, 2.45) is 0 Å². The van der Waals surface area contributed by atoms with Crippen LogP contribution < -0.4 is 0 Å². The van der Waals surface area contributed by atoms with Crippen LogP contribution in [0.15, 0.2) is 6.07 Å². The van der Waals surface area contributed by atoms with Gasteiger partial charge in [0.15, 0.2) is 5.78 Å². The summed E-state index contributed by atoms with van der Waals surface area (Å²) in [5.41, 5.74) is 0.854. The van der Waals surface area contributed by atoms with Gasteiger partial charge in [0.25, 0.3) is 5.91 Å². The maximum Gasteiger partial charge on any atom is 0.274 e. The van der Waals surface area contributed by atoms with Crippen molar-refractivity contribution in [1.29, 1.82) is 0 Å². The maximum atomic E-state index is 12.5. The summed E-state index contributed by atoms with van der Waals surface area (Å²) < 4.78 is 5.66. The Kier molecular flexibility index (Phi) is 2.89. The lowest BCUT2D eigenvalue weighted by atomic mass is 9.87. The van der Waals surface area contributed by atoms with Crippen molar-refractivity contribution >= 4 is 11.7 Å². The number of ether oxygens (including phenoxy) is 1. The number of H-pyrrole nitrogens is 1. The molecule has 0 aromatic carbocycles. The average Bonchev–Trinajstić information content (AvgIpc) is 3.03. The van der Waals surface area contributed by atoms with Gasteiger partial charge in [-0.2, -0.15) is 5.10 Å². The van der Waals surface area contributed by atoms with Crippen LogP contribution in [0.5, 0.6) is 0 Å². The van der Waals surface area contributed by atoms with E-state index in [1.807, 2.05) is 6.07 Å². The van der Waals surface area contributed by atoms with Crippen LogP contribution in [-0.4, -0.2) is 52.1 Å². The summed E-state index contributed by atoms with van der Waals surface area (Å²) in [6, 6.07) is 1.83. The van der Waals surface area contributed by atoms with Crippen molar-refractivity contribution < 1.29 is 14.3 Å². The molecule has 0 unspecified atom stereocenters. The third-order valence-electron chi connectivity index (χ3n) is 4.85. The fraction of sp³-hybridized carbons (Fsp3) is 0.667. The molecular formula is C15H19N3O3. The molecule has 0 bridgehead atoms. The molecule has 1 spiro atoms. The minimum absolute atomic E-state index is 0.0394. The van der Waals surface area contributed by atoms with Crippen LogP contribution in [0.4, 0.5) is 0 Å². The second-order valence-electron chi connectivity index (χ2n) is 6.33. The van der Waals surface area contributed by atoms with E-state index in [0.29, 0.717) is 31.2 Å². The number of aromatic amines is 1. The molecule has 0 radical (unpaired) electrons. The first-order valence-corrected chi connectivity index (χ1v) is 7.70. The van der Waals surface area contributed by atoms with Gasteiger partial charge in [0, 0.05) is 31.2 Å². The van der Waals surface area contributed by atoms with E-state index >= 15 is 0 Å². The molecule has 2 aliphatic heterocycles. The fourth-order valence-corrected chi connectivity index (χ4v) is 3.35. The molecule has 112 valence electrons. The monoisotopic (exact) mass is 289 g/mol. The molecule has 3 heterocycles. The number of hydrogen-bond acceptors (Lipinski definition) is 4. The number of carbonyl (C=O) groups is 2. The van der Waals surface area contributed by atoms with Gasteiger partial charge in [-0.3, -0.25) is 14.7 Å². The zero-order valence-corrected chi connectivity index (χ0v) is 11.9. The molecule has 1 N–H and O–H groups in total. The predicted octanol–water partition coefficient (Wildman–Crippen LogP) is 1.25. The first-order valence-electron chi connectivity index (χ1n) is 7.70. The summed E-state index contributed by atoms with van der Waals surface area (Å²) >= 11 is 0. The van der Waals surface area contributed by atoms with Crippen LogP contribution in [0, 0.1) is 0 Å². The number of rotatable bonds is 2. The number of nitrogens with one attached hydrogen (secondary N) is 1. The van der Waals surface area contributed by atoms with E-state index in [-0.39, 0.29) is 18.2 Å². The Morgan fingerprint density at radius 1 is 1.43 bits per heavy atom. The number of hydrogen-bond donors (Lipinski definition) is 1. The summed E-state index contributed by atoms with van der Waals surface area (Å²) in [7, 11) is 0. The van der Waals surface area contributed by atoms with Crippen molar-refractivity contribution in [1.82, 2.24) is 15.1 Å². The summed E-state index contributed by atoms with van der Waals surface area (Å²) in [4.78, 5) is 26.4. The van der Waals surface area contributed by atoms with E-state index in [2.05, 4.69) is 10.2 Å². The van der Waals surface area contributed by atoms with Gasteiger partial charge in [0.2, 0.25) is 0 Å². The molecule has 3 fully saturated rings. The zero-order chi connectivity index (χ0) is 14.4. The Labute approximate surface area is 122 Å². The highest BCUT2D eigenvalue weighted by atomic mass is 16.5. The lowest BCUT2D eigenvalue weighted by Gasteiger charge is -2.36. The predicted molar refractivity (Wildman–Crippen MR) is 74.0 cm³/mol. The van der Waals surface area contributed by atoms with E-state index in [4.69, 9.17) is 4.74 Å². The van der Waals surface area contributed by atoms with Crippen molar-refractivity contribution in [2.75, 3.05) is 19.7 Å². The largest absolute Gasteiger partial charge is 0.367 e. The molecule has 3 aliphatic rings. The van der Waals surface area contributed by atoms with Gasteiger partial charge in [-0.15, -0.1) is 0 Å². The standard InChI is InChI=1S/C15H19N3O3/c19-13-9-18(6-5-15(13)4-1-7-21-15)14(20)12-8-11(16-17-12)10-2-3-10/h8,10H,1-7,9H2,(H,16,17)/t15-/m1/s1. The lowest BCUT2D eigenvalue weighted by molar-refractivity contribution is -0.144. The minimum Gasteiger partial charge on any atom is -0.367 e. The van der Waals surface area contributed by atoms with Crippen LogP contribution in [0.3, 0.4) is 0 Å². The molecule has 1 saturated carbocycles. The summed E-state index contributed by atoms with van der Waals surface area (Å²) in [6.07, 6.45) is 4.67. The molecule has 1 aliphatic carbocycles. The Balaban J connectivity index is 1.46. The second-order valence-corrected chi connectivity index (χ2v) is 6.33. The van der Waals surface area contributed by atoms with Crippen molar-refractivity contribution in [2.45, 2.75) is 43.6 Å². The topological polar surface area (TPSA) is 75.3 Å².